The fourth-order valence-corrected chi connectivity index (χ4v) is 1.97. The number of aliphatic hydroxyl groups is 1. The highest BCUT2D eigenvalue weighted by Gasteiger charge is 2.20. The van der Waals surface area contributed by atoms with Gasteiger partial charge in [-0.2, -0.15) is 0 Å². The van der Waals surface area contributed by atoms with Crippen molar-refractivity contribution in [3.05, 3.63) is 40.6 Å². The fraction of sp³-hybridized carbons (Fsp3) is 0.308. The molecule has 0 aliphatic carbocycles. The quantitative estimate of drug-likeness (QED) is 0.614. The van der Waals surface area contributed by atoms with E-state index < -0.39 is 11.0 Å². The lowest BCUT2D eigenvalue weighted by atomic mass is 10.1. The molecule has 2 aromatic rings. The Kier molecular flexibility index (Phi) is 4.44. The van der Waals surface area contributed by atoms with Gasteiger partial charge in [0.1, 0.15) is 11.9 Å². The van der Waals surface area contributed by atoms with E-state index in [0.717, 1.165) is 0 Å². The Balaban J connectivity index is 2.51. The second-order valence-corrected chi connectivity index (χ2v) is 4.27. The third-order valence-electron chi connectivity index (χ3n) is 2.89. The van der Waals surface area contributed by atoms with Gasteiger partial charge >= 0.3 is 5.69 Å². The van der Waals surface area contributed by atoms with Crippen LogP contribution in [0.4, 0.5) is 11.4 Å². The molecule has 0 spiro atoms. The Morgan fingerprint density at radius 3 is 2.90 bits per heavy atom. The van der Waals surface area contributed by atoms with Crippen molar-refractivity contribution >= 4 is 22.3 Å². The van der Waals surface area contributed by atoms with Gasteiger partial charge in [0.15, 0.2) is 0 Å². The molecule has 20 heavy (non-hydrogen) atoms. The smallest absolute Gasteiger partial charge is 0.311 e. The minimum Gasteiger partial charge on any atom is -0.394 e. The van der Waals surface area contributed by atoms with E-state index in [0.29, 0.717) is 16.6 Å². The minimum atomic E-state index is -0.497. The summed E-state index contributed by atoms with van der Waals surface area (Å²) in [5, 5.41) is 24.0. The van der Waals surface area contributed by atoms with Crippen molar-refractivity contribution in [3.63, 3.8) is 0 Å². The fourth-order valence-electron chi connectivity index (χ4n) is 1.97. The third kappa shape index (κ3) is 2.84. The summed E-state index contributed by atoms with van der Waals surface area (Å²) in [4.78, 5) is 14.7. The number of nitro groups is 1. The lowest BCUT2D eigenvalue weighted by Crippen LogP contribution is -2.29. The molecule has 0 amide bonds. The van der Waals surface area contributed by atoms with E-state index in [2.05, 4.69) is 10.3 Å². The number of aliphatic hydroxyl groups excluding tert-OH is 1. The molecule has 0 radical (unpaired) electrons. The van der Waals surface area contributed by atoms with Crippen molar-refractivity contribution in [2.24, 2.45) is 0 Å². The van der Waals surface area contributed by atoms with Gasteiger partial charge in [0.2, 0.25) is 0 Å². The number of pyridine rings is 1. The van der Waals surface area contributed by atoms with Crippen molar-refractivity contribution in [2.75, 3.05) is 25.6 Å². The largest absolute Gasteiger partial charge is 0.394 e. The number of fused-ring (bicyclic) bond motifs is 1. The molecule has 0 fully saturated rings. The summed E-state index contributed by atoms with van der Waals surface area (Å²) in [7, 11) is 1.50. The van der Waals surface area contributed by atoms with Crippen molar-refractivity contribution in [2.45, 2.75) is 6.04 Å². The molecule has 1 unspecified atom stereocenters. The second-order valence-electron chi connectivity index (χ2n) is 4.27. The molecule has 2 N–H and O–H groups in total. The molecule has 1 aromatic heterocycles. The summed E-state index contributed by atoms with van der Waals surface area (Å²) < 4.78 is 4.97. The van der Waals surface area contributed by atoms with Gasteiger partial charge < -0.3 is 15.2 Å². The van der Waals surface area contributed by atoms with Crippen LogP contribution < -0.4 is 5.32 Å². The van der Waals surface area contributed by atoms with Crippen molar-refractivity contribution in [1.29, 1.82) is 0 Å². The first-order valence-electron chi connectivity index (χ1n) is 6.05. The van der Waals surface area contributed by atoms with E-state index in [-0.39, 0.29) is 18.9 Å². The maximum Gasteiger partial charge on any atom is 0.311 e. The van der Waals surface area contributed by atoms with E-state index in [1.807, 2.05) is 6.07 Å². The van der Waals surface area contributed by atoms with Crippen LogP contribution in [0.1, 0.15) is 0 Å². The predicted molar refractivity (Wildman–Crippen MR) is 74.8 cm³/mol. The van der Waals surface area contributed by atoms with E-state index in [1.54, 1.807) is 18.2 Å². The third-order valence-corrected chi connectivity index (χ3v) is 2.89. The standard InChI is InChI=1S/C13H15N3O4/c1-20-8-9(7-17)15-13-10-4-2-3-5-11(10)14-6-12(13)16(18)19/h2-6,9,17H,7-8H2,1H3,(H,14,15). The molecule has 1 heterocycles. The normalized spacial score (nSPS) is 12.3. The minimum absolute atomic E-state index is 0.127. The highest BCUT2D eigenvalue weighted by atomic mass is 16.6. The molecular formula is C13H15N3O4. The number of anilines is 1. The van der Waals surface area contributed by atoms with Crippen LogP contribution in [0.25, 0.3) is 10.9 Å². The topological polar surface area (TPSA) is 97.5 Å². The van der Waals surface area contributed by atoms with Gasteiger partial charge in [0, 0.05) is 12.5 Å². The molecule has 7 heteroatoms. The highest BCUT2D eigenvalue weighted by molar-refractivity contribution is 5.95. The number of rotatable bonds is 6. The molecule has 0 bridgehead atoms. The Labute approximate surface area is 115 Å². The zero-order valence-corrected chi connectivity index (χ0v) is 10.9. The maximum absolute atomic E-state index is 11.1. The predicted octanol–water partition coefficient (Wildman–Crippen LogP) is 1.56. The van der Waals surface area contributed by atoms with Gasteiger partial charge in [-0.25, -0.2) is 4.98 Å². The summed E-state index contributed by atoms with van der Waals surface area (Å²) in [6.07, 6.45) is 1.21. The van der Waals surface area contributed by atoms with Gasteiger partial charge in [-0.05, 0) is 6.07 Å². The molecular weight excluding hydrogens is 262 g/mol. The lowest BCUT2D eigenvalue weighted by Gasteiger charge is -2.17. The van der Waals surface area contributed by atoms with Gasteiger partial charge in [-0.1, -0.05) is 18.2 Å². The second kappa shape index (κ2) is 6.27. The Bertz CT molecular complexity index is 618. The average molecular weight is 277 g/mol. The number of para-hydroxylation sites is 1. The number of methoxy groups -OCH3 is 1. The zero-order chi connectivity index (χ0) is 14.5. The summed E-state index contributed by atoms with van der Waals surface area (Å²) in [6, 6.07) is 6.68. The van der Waals surface area contributed by atoms with Crippen LogP contribution in [0, 0.1) is 10.1 Å². The summed E-state index contributed by atoms with van der Waals surface area (Å²) >= 11 is 0. The Hall–Kier alpha value is -2.25. The van der Waals surface area contributed by atoms with Gasteiger partial charge in [0.05, 0.1) is 29.7 Å². The van der Waals surface area contributed by atoms with E-state index in [4.69, 9.17) is 4.74 Å². The average Bonchev–Trinajstić information content (AvgIpc) is 2.46. The number of nitrogens with zero attached hydrogens (tertiary/aromatic N) is 2. The van der Waals surface area contributed by atoms with Crippen LogP contribution in [0.3, 0.4) is 0 Å². The van der Waals surface area contributed by atoms with Crippen LogP contribution in [-0.4, -0.2) is 41.4 Å². The Morgan fingerprint density at radius 1 is 1.50 bits per heavy atom. The summed E-state index contributed by atoms with van der Waals surface area (Å²) in [5.41, 5.74) is 0.865. The van der Waals surface area contributed by atoms with Crippen LogP contribution in [-0.2, 0) is 4.74 Å². The number of benzene rings is 1. The van der Waals surface area contributed by atoms with Gasteiger partial charge in [-0.15, -0.1) is 0 Å². The van der Waals surface area contributed by atoms with E-state index in [1.165, 1.54) is 13.3 Å². The van der Waals surface area contributed by atoms with Crippen LogP contribution >= 0.6 is 0 Å². The first-order chi connectivity index (χ1) is 9.67. The van der Waals surface area contributed by atoms with Crippen LogP contribution in [0.2, 0.25) is 0 Å². The van der Waals surface area contributed by atoms with Crippen LogP contribution in [0.15, 0.2) is 30.5 Å². The van der Waals surface area contributed by atoms with Crippen molar-refractivity contribution in [3.8, 4) is 0 Å². The molecule has 0 saturated heterocycles. The molecule has 2 rings (SSSR count). The number of aromatic nitrogens is 1. The summed E-state index contributed by atoms with van der Waals surface area (Å²) in [6.45, 7) is 0.0476. The number of ether oxygens (including phenoxy) is 1. The summed E-state index contributed by atoms with van der Waals surface area (Å²) in [5.74, 6) is 0. The number of nitrogens with one attached hydrogen (secondary N) is 1. The molecule has 106 valence electrons. The first kappa shape index (κ1) is 14.2. The van der Waals surface area contributed by atoms with Crippen molar-refractivity contribution in [1.82, 2.24) is 4.98 Å². The maximum atomic E-state index is 11.1. The van der Waals surface area contributed by atoms with E-state index in [9.17, 15) is 15.2 Å². The lowest BCUT2D eigenvalue weighted by molar-refractivity contribution is -0.384. The highest BCUT2D eigenvalue weighted by Crippen LogP contribution is 2.31. The number of hydrogen-bond donors (Lipinski definition) is 2. The van der Waals surface area contributed by atoms with Gasteiger partial charge in [0.25, 0.3) is 0 Å². The molecule has 1 atom stereocenters. The van der Waals surface area contributed by atoms with Crippen LogP contribution in [0.5, 0.6) is 0 Å². The van der Waals surface area contributed by atoms with Gasteiger partial charge in [-0.3, -0.25) is 10.1 Å². The van der Waals surface area contributed by atoms with Crippen molar-refractivity contribution < 1.29 is 14.8 Å². The van der Waals surface area contributed by atoms with E-state index >= 15 is 0 Å². The number of hydrogen-bond acceptors (Lipinski definition) is 6. The molecule has 1 aromatic carbocycles. The SMILES string of the molecule is COCC(CO)Nc1c([N+](=O)[O-])cnc2ccccc12. The first-order valence-corrected chi connectivity index (χ1v) is 6.05. The zero-order valence-electron chi connectivity index (χ0n) is 10.9. The molecule has 0 aliphatic heterocycles. The molecule has 7 nitrogen and oxygen atoms in total. The molecule has 0 saturated carbocycles. The molecule has 0 aliphatic rings. The monoisotopic (exact) mass is 277 g/mol. The Morgan fingerprint density at radius 2 is 2.25 bits per heavy atom.